The molecular formula is C27H42F2O5. The van der Waals surface area contributed by atoms with Gasteiger partial charge >= 0.3 is 5.97 Å². The fourth-order valence-corrected chi connectivity index (χ4v) is 5.66. The molecule has 0 spiro atoms. The third-order valence-electron chi connectivity index (χ3n) is 7.61. The molecule has 2 saturated carbocycles. The minimum atomic E-state index is -3.12. The Hall–Kier alpha value is -1.31. The maximum atomic E-state index is 14.3. The summed E-state index contributed by atoms with van der Waals surface area (Å²) in [4.78, 5) is 11.3. The Morgan fingerprint density at radius 3 is 2.82 bits per heavy atom. The molecule has 194 valence electrons. The van der Waals surface area contributed by atoms with Crippen LogP contribution in [0.25, 0.3) is 0 Å². The van der Waals surface area contributed by atoms with Crippen LogP contribution in [0.3, 0.4) is 0 Å². The number of ether oxygens (including phenoxy) is 3. The molecule has 1 aliphatic heterocycles. The molecule has 5 nitrogen and oxygen atoms in total. The highest BCUT2D eigenvalue weighted by Gasteiger charge is 2.47. The Morgan fingerprint density at radius 1 is 1.29 bits per heavy atom. The summed E-state index contributed by atoms with van der Waals surface area (Å²) < 4.78 is 45.5. The van der Waals surface area contributed by atoms with Gasteiger partial charge in [0.2, 0.25) is 0 Å². The van der Waals surface area contributed by atoms with Crippen molar-refractivity contribution in [2.24, 2.45) is 17.8 Å². The zero-order valence-electron chi connectivity index (χ0n) is 20.7. The highest BCUT2D eigenvalue weighted by atomic mass is 19.3. The Bertz CT molecular complexity index is 701. The Kier molecular flexibility index (Phi) is 10.5. The predicted octanol–water partition coefficient (Wildman–Crippen LogP) is 5.96. The van der Waals surface area contributed by atoms with Crippen molar-refractivity contribution in [2.75, 3.05) is 13.7 Å². The number of carbonyl (C=O) groups excluding carboxylic acids is 1. The molecule has 0 radical (unpaired) electrons. The van der Waals surface area contributed by atoms with Crippen molar-refractivity contribution in [1.82, 2.24) is 0 Å². The fraction of sp³-hybridized carbons (Fsp3) is 0.815. The normalized spacial score (nSPS) is 31.8. The second kappa shape index (κ2) is 13.1. The lowest BCUT2D eigenvalue weighted by molar-refractivity contribution is -0.193. The third-order valence-corrected chi connectivity index (χ3v) is 7.61. The first-order valence-corrected chi connectivity index (χ1v) is 13.1. The van der Waals surface area contributed by atoms with Crippen LogP contribution >= 0.6 is 0 Å². The molecule has 7 heteroatoms. The molecule has 3 fully saturated rings. The summed E-state index contributed by atoms with van der Waals surface area (Å²) in [7, 11) is 1.40. The summed E-state index contributed by atoms with van der Waals surface area (Å²) in [5.74, 6) is -2.58. The van der Waals surface area contributed by atoms with Crippen molar-refractivity contribution in [3.63, 3.8) is 0 Å². The van der Waals surface area contributed by atoms with Crippen LogP contribution in [-0.4, -0.2) is 49.2 Å². The largest absolute Gasteiger partial charge is 0.469 e. The summed E-state index contributed by atoms with van der Waals surface area (Å²) in [6.45, 7) is 2.57. The van der Waals surface area contributed by atoms with Crippen molar-refractivity contribution in [3.8, 4) is 0 Å². The lowest BCUT2D eigenvalue weighted by atomic mass is 9.89. The van der Waals surface area contributed by atoms with E-state index in [1.165, 1.54) is 18.8 Å². The van der Waals surface area contributed by atoms with E-state index in [1.54, 1.807) is 6.08 Å². The maximum Gasteiger partial charge on any atom is 0.305 e. The number of esters is 1. The number of hydrogen-bond donors (Lipinski definition) is 1. The number of alkyl halides is 2. The van der Waals surface area contributed by atoms with Gasteiger partial charge in [-0.05, 0) is 69.6 Å². The van der Waals surface area contributed by atoms with Gasteiger partial charge in [-0.25, -0.2) is 8.78 Å². The molecule has 3 rings (SSSR count). The molecule has 2 aliphatic carbocycles. The van der Waals surface area contributed by atoms with E-state index in [-0.39, 0.29) is 30.7 Å². The minimum Gasteiger partial charge on any atom is -0.469 e. The van der Waals surface area contributed by atoms with Crippen molar-refractivity contribution < 1.29 is 32.9 Å². The average molecular weight is 485 g/mol. The number of unbranched alkanes of at least 4 members (excludes halogenated alkanes) is 2. The van der Waals surface area contributed by atoms with Crippen LogP contribution in [0.1, 0.15) is 84.0 Å². The summed E-state index contributed by atoms with van der Waals surface area (Å²) in [6, 6.07) is 0. The minimum absolute atomic E-state index is 0.0203. The molecule has 3 aliphatic rings. The number of aliphatic hydroxyl groups is 1. The van der Waals surface area contributed by atoms with Gasteiger partial charge in [0.25, 0.3) is 5.92 Å². The number of methoxy groups -OCH3 is 1. The number of carbonyl (C=O) groups is 1. The molecule has 0 aromatic carbocycles. The van der Waals surface area contributed by atoms with E-state index in [2.05, 4.69) is 6.08 Å². The van der Waals surface area contributed by atoms with Gasteiger partial charge in [-0.1, -0.05) is 37.1 Å². The second-order valence-corrected chi connectivity index (χ2v) is 10.1. The number of hydrogen-bond acceptors (Lipinski definition) is 5. The van der Waals surface area contributed by atoms with Crippen LogP contribution in [0.4, 0.5) is 8.78 Å². The number of halogens is 2. The van der Waals surface area contributed by atoms with Gasteiger partial charge in [-0.2, -0.15) is 0 Å². The molecular weight excluding hydrogens is 442 g/mol. The molecule has 6 atom stereocenters. The van der Waals surface area contributed by atoms with Gasteiger partial charge in [-0.15, -0.1) is 0 Å². The first kappa shape index (κ1) is 27.3. The van der Waals surface area contributed by atoms with Gasteiger partial charge in [0.1, 0.15) is 6.10 Å². The van der Waals surface area contributed by atoms with Crippen molar-refractivity contribution in [1.29, 1.82) is 0 Å². The number of fused-ring (bicyclic) bond motifs is 1. The SMILES string of the molecule is CCCCC(F)(F)C(O)/C=C/[C@H]1[C@H]2C/C(=C/CCCC(=O)OC)C[C@H]2C[C@H]1OC1CCCCO1. The lowest BCUT2D eigenvalue weighted by Crippen LogP contribution is -2.33. The molecule has 0 aromatic heterocycles. The number of allylic oxidation sites excluding steroid dienone is 2. The van der Waals surface area contributed by atoms with Crippen LogP contribution < -0.4 is 0 Å². The van der Waals surface area contributed by atoms with Crippen LogP contribution in [0.2, 0.25) is 0 Å². The molecule has 2 unspecified atom stereocenters. The van der Waals surface area contributed by atoms with Crippen molar-refractivity contribution in [3.05, 3.63) is 23.8 Å². The molecule has 0 aromatic rings. The molecule has 0 amide bonds. The van der Waals surface area contributed by atoms with Crippen LogP contribution in [-0.2, 0) is 19.0 Å². The third kappa shape index (κ3) is 7.59. The average Bonchev–Trinajstić information content (AvgIpc) is 3.36. The predicted molar refractivity (Wildman–Crippen MR) is 126 cm³/mol. The van der Waals surface area contributed by atoms with E-state index in [9.17, 15) is 18.7 Å². The summed E-state index contributed by atoms with van der Waals surface area (Å²) in [6.07, 6.45) is 11.8. The first-order chi connectivity index (χ1) is 16.3. The van der Waals surface area contributed by atoms with Crippen molar-refractivity contribution in [2.45, 2.75) is 108 Å². The van der Waals surface area contributed by atoms with E-state index >= 15 is 0 Å². The smallest absolute Gasteiger partial charge is 0.305 e. The van der Waals surface area contributed by atoms with Crippen LogP contribution in [0.5, 0.6) is 0 Å². The van der Waals surface area contributed by atoms with Gasteiger partial charge < -0.3 is 19.3 Å². The highest BCUT2D eigenvalue weighted by Crippen LogP contribution is 2.52. The molecule has 1 heterocycles. The quantitative estimate of drug-likeness (QED) is 0.210. The first-order valence-electron chi connectivity index (χ1n) is 13.1. The second-order valence-electron chi connectivity index (χ2n) is 10.1. The molecule has 1 N–H and O–H groups in total. The topological polar surface area (TPSA) is 65.0 Å². The van der Waals surface area contributed by atoms with Gasteiger partial charge in [0, 0.05) is 25.4 Å². The van der Waals surface area contributed by atoms with Crippen LogP contribution in [0, 0.1) is 17.8 Å². The van der Waals surface area contributed by atoms with E-state index in [4.69, 9.17) is 14.2 Å². The monoisotopic (exact) mass is 484 g/mol. The fourth-order valence-electron chi connectivity index (χ4n) is 5.66. The Morgan fingerprint density at radius 2 is 2.12 bits per heavy atom. The van der Waals surface area contributed by atoms with E-state index in [0.717, 1.165) is 51.4 Å². The van der Waals surface area contributed by atoms with Gasteiger partial charge in [-0.3, -0.25) is 4.79 Å². The van der Waals surface area contributed by atoms with E-state index in [1.807, 2.05) is 6.92 Å². The Labute approximate surface area is 202 Å². The standard InChI is InChI=1S/C27H42F2O5/c1-3-4-14-27(28,29)24(30)13-12-21-22-17-19(9-5-6-10-25(31)32-2)16-20(22)18-23(21)34-26-11-7-8-15-33-26/h9,12-13,20-24,26,30H,3-8,10-11,14-18H2,1-2H3/b13-12+,19-9+/t20-,21-,22-,23+,24?,26?/m0/s1. The zero-order chi connectivity index (χ0) is 24.6. The summed E-state index contributed by atoms with van der Waals surface area (Å²) >= 11 is 0. The molecule has 34 heavy (non-hydrogen) atoms. The Balaban J connectivity index is 1.64. The number of rotatable bonds is 12. The molecule has 1 saturated heterocycles. The van der Waals surface area contributed by atoms with E-state index < -0.39 is 12.0 Å². The number of aliphatic hydroxyl groups excluding tert-OH is 1. The molecule has 0 bridgehead atoms. The zero-order valence-corrected chi connectivity index (χ0v) is 20.7. The van der Waals surface area contributed by atoms with Gasteiger partial charge in [0.05, 0.1) is 13.2 Å². The maximum absolute atomic E-state index is 14.3. The van der Waals surface area contributed by atoms with Crippen molar-refractivity contribution >= 4 is 5.97 Å². The summed E-state index contributed by atoms with van der Waals surface area (Å²) in [5, 5.41) is 10.2. The van der Waals surface area contributed by atoms with E-state index in [0.29, 0.717) is 37.7 Å². The lowest BCUT2D eigenvalue weighted by Gasteiger charge is -2.29. The summed E-state index contributed by atoms with van der Waals surface area (Å²) in [5.41, 5.74) is 1.37. The van der Waals surface area contributed by atoms with Gasteiger partial charge in [0.15, 0.2) is 6.29 Å². The highest BCUT2D eigenvalue weighted by molar-refractivity contribution is 5.69. The van der Waals surface area contributed by atoms with Crippen LogP contribution in [0.15, 0.2) is 23.8 Å².